The molecule has 0 bridgehead atoms. The van der Waals surface area contributed by atoms with E-state index in [2.05, 4.69) is 41.2 Å². The number of methoxy groups -OCH3 is 1. The van der Waals surface area contributed by atoms with E-state index in [0.29, 0.717) is 18.0 Å². The number of ether oxygens (including phenoxy) is 1. The van der Waals surface area contributed by atoms with Gasteiger partial charge in [-0.3, -0.25) is 4.79 Å². The van der Waals surface area contributed by atoms with E-state index in [1.165, 1.54) is 11.9 Å². The minimum Gasteiger partial charge on any atom is -0.497 e. The van der Waals surface area contributed by atoms with Gasteiger partial charge in [0.2, 0.25) is 0 Å². The van der Waals surface area contributed by atoms with Crippen LogP contribution >= 0.6 is 0 Å². The molecule has 3 aromatic rings. The normalized spacial score (nSPS) is 11.6. The first-order chi connectivity index (χ1) is 12.9. The minimum absolute atomic E-state index is 0.182. The molecular formula is C20H25N5O2. The van der Waals surface area contributed by atoms with Gasteiger partial charge in [0.1, 0.15) is 17.8 Å². The van der Waals surface area contributed by atoms with Crippen LogP contribution in [0.5, 0.6) is 5.75 Å². The highest BCUT2D eigenvalue weighted by atomic mass is 16.5. The molecule has 0 aliphatic heterocycles. The molecule has 142 valence electrons. The molecule has 2 heterocycles. The van der Waals surface area contributed by atoms with Gasteiger partial charge in [-0.2, -0.15) is 10.1 Å². The Bertz CT molecular complexity index is 926. The first kappa shape index (κ1) is 18.8. The fourth-order valence-electron chi connectivity index (χ4n) is 2.84. The first-order valence-electron chi connectivity index (χ1n) is 9.01. The van der Waals surface area contributed by atoms with Gasteiger partial charge in [0.25, 0.3) is 11.7 Å². The lowest BCUT2D eigenvalue weighted by Crippen LogP contribution is -2.27. The van der Waals surface area contributed by atoms with Crippen LogP contribution in [-0.4, -0.2) is 39.1 Å². The highest BCUT2D eigenvalue weighted by Gasteiger charge is 2.22. The second-order valence-electron chi connectivity index (χ2n) is 7.46. The van der Waals surface area contributed by atoms with Crippen LogP contribution < -0.4 is 10.1 Å². The van der Waals surface area contributed by atoms with E-state index in [1.807, 2.05) is 24.3 Å². The number of carbonyl (C=O) groups is 1. The third kappa shape index (κ3) is 4.42. The van der Waals surface area contributed by atoms with Crippen molar-refractivity contribution in [3.8, 4) is 5.75 Å². The summed E-state index contributed by atoms with van der Waals surface area (Å²) in [6.07, 6.45) is 3.18. The Morgan fingerprint density at radius 3 is 2.63 bits per heavy atom. The second kappa shape index (κ2) is 7.73. The van der Waals surface area contributed by atoms with E-state index >= 15 is 0 Å². The standard InChI is InChI=1S/C20H25N5O2/c1-20(2,3)17-12-16(24-19-22-13-23-25(17)19)18(26)21-11-5-6-14-7-9-15(27-4)10-8-14/h7-10,12-13H,5-6,11H2,1-4H3,(H,21,26). The lowest BCUT2D eigenvalue weighted by atomic mass is 9.91. The smallest absolute Gasteiger partial charge is 0.270 e. The molecule has 0 atom stereocenters. The van der Waals surface area contributed by atoms with E-state index < -0.39 is 0 Å². The van der Waals surface area contributed by atoms with Crippen molar-refractivity contribution in [3.05, 3.63) is 53.6 Å². The van der Waals surface area contributed by atoms with Crippen molar-refractivity contribution in [2.24, 2.45) is 0 Å². The molecule has 7 nitrogen and oxygen atoms in total. The minimum atomic E-state index is -0.194. The van der Waals surface area contributed by atoms with Crippen LogP contribution in [0.2, 0.25) is 0 Å². The highest BCUT2D eigenvalue weighted by molar-refractivity contribution is 5.92. The van der Waals surface area contributed by atoms with Gasteiger partial charge in [-0.15, -0.1) is 0 Å². The van der Waals surface area contributed by atoms with Gasteiger partial charge in [-0.1, -0.05) is 32.9 Å². The molecule has 0 aliphatic rings. The van der Waals surface area contributed by atoms with Crippen molar-refractivity contribution in [3.63, 3.8) is 0 Å². The number of rotatable bonds is 6. The summed E-state index contributed by atoms with van der Waals surface area (Å²) in [6.45, 7) is 6.79. The zero-order valence-corrected chi connectivity index (χ0v) is 16.2. The van der Waals surface area contributed by atoms with Crippen LogP contribution in [0, 0.1) is 0 Å². The molecule has 1 amide bonds. The summed E-state index contributed by atoms with van der Waals surface area (Å²) < 4.78 is 6.84. The van der Waals surface area contributed by atoms with Crippen molar-refractivity contribution in [2.45, 2.75) is 39.0 Å². The van der Waals surface area contributed by atoms with Crippen LogP contribution in [0.1, 0.15) is 48.9 Å². The van der Waals surface area contributed by atoms with E-state index in [1.54, 1.807) is 17.7 Å². The molecule has 0 spiro atoms. The van der Waals surface area contributed by atoms with Gasteiger partial charge in [-0.05, 0) is 36.6 Å². The fraction of sp³-hybridized carbons (Fsp3) is 0.400. The Labute approximate surface area is 158 Å². The Kier molecular flexibility index (Phi) is 5.39. The highest BCUT2D eigenvalue weighted by Crippen LogP contribution is 2.22. The Balaban J connectivity index is 1.62. The number of carbonyl (C=O) groups excluding carboxylic acids is 1. The number of benzene rings is 1. The third-order valence-electron chi connectivity index (χ3n) is 4.34. The molecule has 0 fully saturated rings. The first-order valence-corrected chi connectivity index (χ1v) is 9.01. The lowest BCUT2D eigenvalue weighted by molar-refractivity contribution is 0.0948. The number of nitrogens with zero attached hydrogens (tertiary/aromatic N) is 4. The van der Waals surface area contributed by atoms with Crippen molar-refractivity contribution < 1.29 is 9.53 Å². The number of hydrogen-bond donors (Lipinski definition) is 1. The van der Waals surface area contributed by atoms with Gasteiger partial charge in [0, 0.05) is 12.0 Å². The molecule has 0 saturated heterocycles. The maximum atomic E-state index is 12.5. The summed E-state index contributed by atoms with van der Waals surface area (Å²) in [5.41, 5.74) is 2.29. The molecule has 0 saturated carbocycles. The molecule has 2 aromatic heterocycles. The molecule has 27 heavy (non-hydrogen) atoms. The third-order valence-corrected chi connectivity index (χ3v) is 4.34. The average molecular weight is 367 g/mol. The molecule has 1 N–H and O–H groups in total. The topological polar surface area (TPSA) is 81.4 Å². The van der Waals surface area contributed by atoms with Crippen LogP contribution in [0.4, 0.5) is 0 Å². The molecule has 7 heteroatoms. The largest absolute Gasteiger partial charge is 0.497 e. The summed E-state index contributed by atoms with van der Waals surface area (Å²) in [7, 11) is 1.65. The summed E-state index contributed by atoms with van der Waals surface area (Å²) in [4.78, 5) is 21.0. The molecule has 0 unspecified atom stereocenters. The van der Waals surface area contributed by atoms with Gasteiger partial charge in [-0.25, -0.2) is 9.50 Å². The predicted molar refractivity (Wildman–Crippen MR) is 103 cm³/mol. The van der Waals surface area contributed by atoms with Crippen molar-refractivity contribution in [1.29, 1.82) is 0 Å². The van der Waals surface area contributed by atoms with Crippen LogP contribution in [0.15, 0.2) is 36.7 Å². The lowest BCUT2D eigenvalue weighted by Gasteiger charge is -2.20. The molecule has 1 aromatic carbocycles. The number of hydrogen-bond acceptors (Lipinski definition) is 5. The molecular weight excluding hydrogens is 342 g/mol. The van der Waals surface area contributed by atoms with Crippen molar-refractivity contribution in [2.75, 3.05) is 13.7 Å². The fourth-order valence-corrected chi connectivity index (χ4v) is 2.84. The summed E-state index contributed by atoms with van der Waals surface area (Å²) in [6, 6.07) is 9.76. The van der Waals surface area contributed by atoms with Crippen molar-refractivity contribution >= 4 is 11.7 Å². The van der Waals surface area contributed by atoms with Gasteiger partial charge in [0.15, 0.2) is 0 Å². The number of nitrogens with one attached hydrogen (secondary N) is 1. The number of aromatic nitrogens is 4. The van der Waals surface area contributed by atoms with Gasteiger partial charge < -0.3 is 10.1 Å². The van der Waals surface area contributed by atoms with E-state index in [0.717, 1.165) is 24.3 Å². The zero-order valence-electron chi connectivity index (χ0n) is 16.2. The van der Waals surface area contributed by atoms with E-state index in [-0.39, 0.29) is 11.3 Å². The predicted octanol–water partition coefficient (Wildman–Crippen LogP) is 2.79. The Morgan fingerprint density at radius 2 is 1.96 bits per heavy atom. The quantitative estimate of drug-likeness (QED) is 0.678. The molecule has 0 radical (unpaired) electrons. The van der Waals surface area contributed by atoms with Crippen molar-refractivity contribution in [1.82, 2.24) is 24.9 Å². The number of fused-ring (bicyclic) bond motifs is 1. The SMILES string of the molecule is COc1ccc(CCCNC(=O)c2cc(C(C)(C)C)n3ncnc3n2)cc1. The summed E-state index contributed by atoms with van der Waals surface area (Å²) in [5, 5.41) is 7.15. The van der Waals surface area contributed by atoms with Crippen LogP contribution in [0.3, 0.4) is 0 Å². The maximum Gasteiger partial charge on any atom is 0.270 e. The molecule has 0 aliphatic carbocycles. The summed E-state index contributed by atoms with van der Waals surface area (Å²) in [5.74, 6) is 1.09. The Hall–Kier alpha value is -2.96. The monoisotopic (exact) mass is 367 g/mol. The molecule has 3 rings (SSSR count). The van der Waals surface area contributed by atoms with E-state index in [9.17, 15) is 4.79 Å². The number of aryl methyl sites for hydroxylation is 1. The van der Waals surface area contributed by atoms with Crippen LogP contribution in [-0.2, 0) is 11.8 Å². The van der Waals surface area contributed by atoms with Gasteiger partial charge >= 0.3 is 0 Å². The van der Waals surface area contributed by atoms with E-state index in [4.69, 9.17) is 4.74 Å². The maximum absolute atomic E-state index is 12.5. The Morgan fingerprint density at radius 1 is 1.22 bits per heavy atom. The van der Waals surface area contributed by atoms with Crippen LogP contribution in [0.25, 0.3) is 5.78 Å². The number of amides is 1. The summed E-state index contributed by atoms with van der Waals surface area (Å²) >= 11 is 0. The van der Waals surface area contributed by atoms with Gasteiger partial charge in [0.05, 0.1) is 12.8 Å². The average Bonchev–Trinajstić information content (AvgIpc) is 3.12. The second-order valence-corrected chi connectivity index (χ2v) is 7.46. The zero-order chi connectivity index (χ0) is 19.4.